The van der Waals surface area contributed by atoms with Crippen LogP contribution in [0, 0.1) is 5.92 Å². The molecule has 1 amide bonds. The second-order valence-corrected chi connectivity index (χ2v) is 6.60. The summed E-state index contributed by atoms with van der Waals surface area (Å²) >= 11 is 0. The number of piperidine rings is 1. The Morgan fingerprint density at radius 3 is 2.65 bits per heavy atom. The summed E-state index contributed by atoms with van der Waals surface area (Å²) in [4.78, 5) is 18.4. The smallest absolute Gasteiger partial charge is 0.340 e. The van der Waals surface area contributed by atoms with Crippen molar-refractivity contribution in [3.05, 3.63) is 53.7 Å². The van der Waals surface area contributed by atoms with E-state index in [2.05, 4.69) is 17.2 Å². The topological polar surface area (TPSA) is 45.2 Å². The van der Waals surface area contributed by atoms with Gasteiger partial charge in [0.2, 0.25) is 0 Å². The van der Waals surface area contributed by atoms with Gasteiger partial charge in [0, 0.05) is 19.3 Å². The van der Waals surface area contributed by atoms with Crippen molar-refractivity contribution in [2.45, 2.75) is 25.9 Å². The van der Waals surface area contributed by atoms with E-state index in [1.54, 1.807) is 11.0 Å². The molecule has 4 nitrogen and oxygen atoms in total. The number of hydrogen-bond acceptors (Lipinski definition) is 3. The molecular formula is C19H20F3N3O. The molecule has 1 aromatic heterocycles. The third-order valence-electron chi connectivity index (χ3n) is 4.45. The van der Waals surface area contributed by atoms with Crippen LogP contribution in [0.1, 0.15) is 35.7 Å². The van der Waals surface area contributed by atoms with E-state index < -0.39 is 11.7 Å². The van der Waals surface area contributed by atoms with Crippen molar-refractivity contribution in [3.8, 4) is 0 Å². The molecule has 2 aromatic rings. The van der Waals surface area contributed by atoms with E-state index in [4.69, 9.17) is 0 Å². The zero-order valence-corrected chi connectivity index (χ0v) is 14.4. The number of halogens is 3. The highest BCUT2D eigenvalue weighted by Crippen LogP contribution is 2.35. The van der Waals surface area contributed by atoms with Crippen LogP contribution in [-0.2, 0) is 6.18 Å². The fraction of sp³-hybridized carbons (Fsp3) is 0.368. The maximum absolute atomic E-state index is 13.0. The highest BCUT2D eigenvalue weighted by Gasteiger charge is 2.33. The maximum Gasteiger partial charge on any atom is 0.418 e. The quantitative estimate of drug-likeness (QED) is 0.859. The molecule has 2 heterocycles. The Balaban J connectivity index is 1.74. The zero-order chi connectivity index (χ0) is 18.7. The largest absolute Gasteiger partial charge is 0.418 e. The van der Waals surface area contributed by atoms with Crippen LogP contribution in [0.5, 0.6) is 0 Å². The molecule has 1 aliphatic heterocycles. The van der Waals surface area contributed by atoms with Gasteiger partial charge >= 0.3 is 6.18 Å². The van der Waals surface area contributed by atoms with Gasteiger partial charge in [-0.2, -0.15) is 13.2 Å². The van der Waals surface area contributed by atoms with Gasteiger partial charge in [0.1, 0.15) is 5.82 Å². The van der Waals surface area contributed by atoms with Crippen LogP contribution >= 0.6 is 0 Å². The molecule has 1 aromatic carbocycles. The van der Waals surface area contributed by atoms with Gasteiger partial charge in [0.25, 0.3) is 5.91 Å². The summed E-state index contributed by atoms with van der Waals surface area (Å²) in [7, 11) is 0. The molecule has 7 heteroatoms. The van der Waals surface area contributed by atoms with Crippen LogP contribution in [0.2, 0.25) is 0 Å². The number of para-hydroxylation sites is 1. The van der Waals surface area contributed by atoms with Gasteiger partial charge in [0.05, 0.1) is 16.8 Å². The van der Waals surface area contributed by atoms with Gasteiger partial charge in [-0.3, -0.25) is 4.79 Å². The van der Waals surface area contributed by atoms with Gasteiger partial charge in [-0.15, -0.1) is 0 Å². The number of anilines is 2. The van der Waals surface area contributed by atoms with Gasteiger partial charge in [-0.05, 0) is 43.0 Å². The summed E-state index contributed by atoms with van der Waals surface area (Å²) in [6.45, 7) is 3.56. The van der Waals surface area contributed by atoms with Gasteiger partial charge in [-0.25, -0.2) is 4.98 Å². The number of alkyl halides is 3. The van der Waals surface area contributed by atoms with Crippen LogP contribution in [0.3, 0.4) is 0 Å². The second kappa shape index (κ2) is 7.35. The van der Waals surface area contributed by atoms with Crippen molar-refractivity contribution in [3.63, 3.8) is 0 Å². The minimum atomic E-state index is -4.45. The normalized spacial score (nSPS) is 17.8. The minimum Gasteiger partial charge on any atom is -0.340 e. The number of pyridine rings is 1. The van der Waals surface area contributed by atoms with Crippen LogP contribution in [-0.4, -0.2) is 28.9 Å². The van der Waals surface area contributed by atoms with E-state index in [0.717, 1.165) is 32.0 Å². The number of carbonyl (C=O) groups excluding carboxylic acids is 1. The molecule has 0 aliphatic carbocycles. The Kier molecular flexibility index (Phi) is 5.15. The van der Waals surface area contributed by atoms with Crippen LogP contribution in [0.25, 0.3) is 0 Å². The number of likely N-dealkylation sites (tertiary alicyclic amines) is 1. The summed E-state index contributed by atoms with van der Waals surface area (Å²) in [6, 6.07) is 8.33. The summed E-state index contributed by atoms with van der Waals surface area (Å²) in [5.74, 6) is 0.636. The Morgan fingerprint density at radius 2 is 2.00 bits per heavy atom. The molecule has 1 N–H and O–H groups in total. The molecule has 1 saturated heterocycles. The summed E-state index contributed by atoms with van der Waals surface area (Å²) in [6.07, 6.45) is -0.956. The predicted molar refractivity (Wildman–Crippen MR) is 93.3 cm³/mol. The molecule has 0 spiro atoms. The lowest BCUT2D eigenvalue weighted by Gasteiger charge is -2.30. The Morgan fingerprint density at radius 1 is 1.23 bits per heavy atom. The molecule has 0 bridgehead atoms. The average Bonchev–Trinajstić information content (AvgIpc) is 2.61. The fourth-order valence-electron chi connectivity index (χ4n) is 3.13. The van der Waals surface area contributed by atoms with Crippen molar-refractivity contribution in [1.29, 1.82) is 0 Å². The van der Waals surface area contributed by atoms with E-state index in [0.29, 0.717) is 11.5 Å². The maximum atomic E-state index is 13.0. The van der Waals surface area contributed by atoms with Crippen molar-refractivity contribution < 1.29 is 18.0 Å². The van der Waals surface area contributed by atoms with Crippen molar-refractivity contribution >= 4 is 17.4 Å². The van der Waals surface area contributed by atoms with Crippen LogP contribution in [0.15, 0.2) is 42.6 Å². The number of hydrogen-bond donors (Lipinski definition) is 1. The lowest BCUT2D eigenvalue weighted by molar-refractivity contribution is -0.136. The highest BCUT2D eigenvalue weighted by molar-refractivity contribution is 5.94. The van der Waals surface area contributed by atoms with Gasteiger partial charge < -0.3 is 10.2 Å². The third kappa shape index (κ3) is 4.15. The number of nitrogens with one attached hydrogen (secondary N) is 1. The minimum absolute atomic E-state index is 0.0727. The van der Waals surface area contributed by atoms with Gasteiger partial charge in [0.15, 0.2) is 0 Å². The first-order valence-corrected chi connectivity index (χ1v) is 8.53. The number of amides is 1. The molecule has 26 heavy (non-hydrogen) atoms. The molecule has 0 radical (unpaired) electrons. The molecule has 3 rings (SSSR count). The van der Waals surface area contributed by atoms with Crippen molar-refractivity contribution in [2.24, 2.45) is 5.92 Å². The second-order valence-electron chi connectivity index (χ2n) is 6.60. The average molecular weight is 363 g/mol. The van der Waals surface area contributed by atoms with E-state index in [-0.39, 0.29) is 17.4 Å². The van der Waals surface area contributed by atoms with Crippen LogP contribution in [0.4, 0.5) is 24.7 Å². The monoisotopic (exact) mass is 363 g/mol. The van der Waals surface area contributed by atoms with Crippen LogP contribution < -0.4 is 5.32 Å². The molecule has 1 unspecified atom stereocenters. The summed E-state index contributed by atoms with van der Waals surface area (Å²) < 4.78 is 39.1. The fourth-order valence-corrected chi connectivity index (χ4v) is 3.13. The molecule has 1 aliphatic rings. The molecule has 138 valence electrons. The Hall–Kier alpha value is -2.57. The van der Waals surface area contributed by atoms with Crippen molar-refractivity contribution in [2.75, 3.05) is 18.4 Å². The molecule has 1 atom stereocenters. The van der Waals surface area contributed by atoms with E-state index in [1.807, 2.05) is 0 Å². The molecule has 0 saturated carbocycles. The Labute approximate surface area is 150 Å². The summed E-state index contributed by atoms with van der Waals surface area (Å²) in [5.41, 5.74) is -0.394. The lowest BCUT2D eigenvalue weighted by atomic mass is 10.00. The number of carbonyl (C=O) groups is 1. The predicted octanol–water partition coefficient (Wildman–Crippen LogP) is 4.72. The SMILES string of the molecule is CC1CCCN(C(=O)c2ccc(Nc3ccccc3C(F)(F)F)nc2)C1. The molecular weight excluding hydrogens is 343 g/mol. The Bertz CT molecular complexity index is 774. The zero-order valence-electron chi connectivity index (χ0n) is 14.4. The van der Waals surface area contributed by atoms with Gasteiger partial charge in [-0.1, -0.05) is 19.1 Å². The van der Waals surface area contributed by atoms with E-state index >= 15 is 0 Å². The first-order valence-electron chi connectivity index (χ1n) is 8.53. The first kappa shape index (κ1) is 18.2. The van der Waals surface area contributed by atoms with E-state index in [9.17, 15) is 18.0 Å². The van der Waals surface area contributed by atoms with Crippen molar-refractivity contribution in [1.82, 2.24) is 9.88 Å². The number of rotatable bonds is 3. The number of benzene rings is 1. The molecule has 1 fully saturated rings. The number of aromatic nitrogens is 1. The summed E-state index contributed by atoms with van der Waals surface area (Å²) in [5, 5.41) is 2.68. The standard InChI is InChI=1S/C19H20F3N3O/c1-13-5-4-10-25(12-13)18(26)14-8-9-17(23-11-14)24-16-7-3-2-6-15(16)19(20,21)22/h2-3,6-9,11,13H,4-5,10,12H2,1H3,(H,23,24). The lowest BCUT2D eigenvalue weighted by Crippen LogP contribution is -2.39. The van der Waals surface area contributed by atoms with E-state index in [1.165, 1.54) is 30.5 Å². The third-order valence-corrected chi connectivity index (χ3v) is 4.45. The highest BCUT2D eigenvalue weighted by atomic mass is 19.4. The first-order chi connectivity index (χ1) is 12.3. The number of nitrogens with zero attached hydrogens (tertiary/aromatic N) is 2.